The number of anilines is 3. The molecule has 0 spiro atoms. The zero-order valence-electron chi connectivity index (χ0n) is 9.46. The number of rotatable bonds is 3. The van der Waals surface area contributed by atoms with Crippen molar-refractivity contribution >= 4 is 35.4 Å². The van der Waals surface area contributed by atoms with Crippen LogP contribution in [0.25, 0.3) is 0 Å². The van der Waals surface area contributed by atoms with E-state index in [1.807, 2.05) is 30.3 Å². The van der Waals surface area contributed by atoms with Gasteiger partial charge in [0.15, 0.2) is 0 Å². The molecule has 0 aliphatic heterocycles. The van der Waals surface area contributed by atoms with Crippen molar-refractivity contribution in [2.75, 3.05) is 11.1 Å². The number of hydrogen-bond acceptors (Lipinski definition) is 3. The number of nitrogens with two attached hydrogens (primary N) is 1. The molecule has 0 atom stereocenters. The van der Waals surface area contributed by atoms with Crippen LogP contribution in [0.5, 0.6) is 0 Å². The molecule has 0 radical (unpaired) electrons. The zero-order valence-corrected chi connectivity index (χ0v) is 10.3. The van der Waals surface area contributed by atoms with Gasteiger partial charge in [-0.2, -0.15) is 0 Å². The summed E-state index contributed by atoms with van der Waals surface area (Å²) in [5.74, 6) is -1.00. The molecule has 0 aromatic heterocycles. The molecule has 0 aliphatic rings. The first-order valence-electron chi connectivity index (χ1n) is 5.12. The fourth-order valence-corrected chi connectivity index (χ4v) is 1.52. The molecule has 0 aliphatic carbocycles. The zero-order chi connectivity index (χ0) is 12.3. The Morgan fingerprint density at radius 3 is 2.39 bits per heavy atom. The molecule has 0 saturated carbocycles. The van der Waals surface area contributed by atoms with Gasteiger partial charge in [-0.25, -0.2) is 4.79 Å². The minimum atomic E-state index is -1.00. The van der Waals surface area contributed by atoms with Crippen molar-refractivity contribution in [2.24, 2.45) is 0 Å². The molecule has 4 N–H and O–H groups in total. The molecule has 0 heterocycles. The maximum absolute atomic E-state index is 11.1. The van der Waals surface area contributed by atoms with E-state index in [-0.39, 0.29) is 18.0 Å². The third-order valence-electron chi connectivity index (χ3n) is 2.33. The van der Waals surface area contributed by atoms with Crippen LogP contribution in [0.2, 0.25) is 0 Å². The van der Waals surface area contributed by atoms with Gasteiger partial charge in [-0.3, -0.25) is 0 Å². The highest BCUT2D eigenvalue weighted by Gasteiger charge is 2.10. The summed E-state index contributed by atoms with van der Waals surface area (Å²) >= 11 is 0. The van der Waals surface area contributed by atoms with Gasteiger partial charge in [0.1, 0.15) is 0 Å². The maximum atomic E-state index is 11.1. The second-order valence-electron chi connectivity index (χ2n) is 3.60. The Bertz CT molecular complexity index is 544. The Kier molecular flexibility index (Phi) is 4.57. The number of carboxylic acid groups (broad SMARTS) is 1. The number of hydrogen-bond donors (Lipinski definition) is 3. The summed E-state index contributed by atoms with van der Waals surface area (Å²) in [6.07, 6.45) is 0. The average Bonchev–Trinajstić information content (AvgIpc) is 2.32. The predicted octanol–water partition coefficient (Wildman–Crippen LogP) is 3.13. The van der Waals surface area contributed by atoms with Crippen molar-refractivity contribution in [3.8, 4) is 0 Å². The first-order valence-corrected chi connectivity index (χ1v) is 5.12. The van der Waals surface area contributed by atoms with Crippen LogP contribution in [0, 0.1) is 0 Å². The summed E-state index contributed by atoms with van der Waals surface area (Å²) in [6.45, 7) is 0. The lowest BCUT2D eigenvalue weighted by Gasteiger charge is -2.10. The van der Waals surface area contributed by atoms with Crippen molar-refractivity contribution in [3.63, 3.8) is 0 Å². The minimum absolute atomic E-state index is 0. The van der Waals surface area contributed by atoms with Gasteiger partial charge < -0.3 is 16.2 Å². The fraction of sp³-hybridized carbons (Fsp3) is 0. The normalized spacial score (nSPS) is 9.33. The lowest BCUT2D eigenvalue weighted by Crippen LogP contribution is -2.03. The van der Waals surface area contributed by atoms with Gasteiger partial charge in [0, 0.05) is 11.4 Å². The van der Waals surface area contributed by atoms with Crippen molar-refractivity contribution in [2.45, 2.75) is 0 Å². The topological polar surface area (TPSA) is 75.3 Å². The summed E-state index contributed by atoms with van der Waals surface area (Å²) in [4.78, 5) is 11.1. The van der Waals surface area contributed by atoms with Crippen molar-refractivity contribution in [3.05, 3.63) is 54.1 Å². The van der Waals surface area contributed by atoms with Gasteiger partial charge in [-0.15, -0.1) is 12.4 Å². The summed E-state index contributed by atoms with van der Waals surface area (Å²) in [5, 5.41) is 12.1. The molecule has 18 heavy (non-hydrogen) atoms. The molecular weight excluding hydrogens is 252 g/mol. The third-order valence-corrected chi connectivity index (χ3v) is 2.33. The summed E-state index contributed by atoms with van der Waals surface area (Å²) in [7, 11) is 0. The first-order chi connectivity index (χ1) is 8.16. The monoisotopic (exact) mass is 264 g/mol. The molecule has 5 heteroatoms. The largest absolute Gasteiger partial charge is 0.478 e. The smallest absolute Gasteiger partial charge is 0.337 e. The van der Waals surface area contributed by atoms with E-state index in [0.717, 1.165) is 5.69 Å². The highest BCUT2D eigenvalue weighted by atomic mass is 35.5. The Balaban J connectivity index is 0.00000162. The maximum Gasteiger partial charge on any atom is 0.337 e. The molecule has 2 aromatic carbocycles. The molecule has 2 rings (SSSR count). The molecule has 2 aromatic rings. The van der Waals surface area contributed by atoms with Gasteiger partial charge >= 0.3 is 5.97 Å². The van der Waals surface area contributed by atoms with Crippen molar-refractivity contribution < 1.29 is 9.90 Å². The van der Waals surface area contributed by atoms with Crippen LogP contribution >= 0.6 is 12.4 Å². The number of benzene rings is 2. The highest BCUT2D eigenvalue weighted by molar-refractivity contribution is 5.96. The van der Waals surface area contributed by atoms with E-state index in [4.69, 9.17) is 10.8 Å². The molecule has 4 nitrogen and oxygen atoms in total. The van der Waals surface area contributed by atoms with Crippen molar-refractivity contribution in [1.29, 1.82) is 0 Å². The van der Waals surface area contributed by atoms with Crippen LogP contribution in [0.15, 0.2) is 48.5 Å². The van der Waals surface area contributed by atoms with Crippen LogP contribution in [0.4, 0.5) is 17.1 Å². The van der Waals surface area contributed by atoms with E-state index >= 15 is 0 Å². The quantitative estimate of drug-likeness (QED) is 0.745. The predicted molar refractivity (Wildman–Crippen MR) is 74.8 cm³/mol. The van der Waals surface area contributed by atoms with Crippen LogP contribution in [0.3, 0.4) is 0 Å². The third kappa shape index (κ3) is 3.15. The molecule has 0 bridgehead atoms. The number of nitrogen functional groups attached to an aromatic ring is 1. The summed E-state index contributed by atoms with van der Waals surface area (Å²) in [5.41, 5.74) is 7.52. The lowest BCUT2D eigenvalue weighted by molar-refractivity contribution is 0.0698. The van der Waals surface area contributed by atoms with Gasteiger partial charge in [0.25, 0.3) is 0 Å². The Labute approximate surface area is 111 Å². The van der Waals surface area contributed by atoms with E-state index in [1.54, 1.807) is 12.1 Å². The van der Waals surface area contributed by atoms with Gasteiger partial charge in [-0.05, 0) is 30.3 Å². The summed E-state index contributed by atoms with van der Waals surface area (Å²) in [6, 6.07) is 14.1. The summed E-state index contributed by atoms with van der Waals surface area (Å²) < 4.78 is 0. The molecule has 94 valence electrons. The van der Waals surface area contributed by atoms with Crippen LogP contribution in [-0.4, -0.2) is 11.1 Å². The van der Waals surface area contributed by atoms with Crippen LogP contribution < -0.4 is 11.1 Å². The highest BCUT2D eigenvalue weighted by Crippen LogP contribution is 2.23. The standard InChI is InChI=1S/C13H12N2O2.ClH/c14-9-6-7-12(11(8-9)13(16)17)15-10-4-2-1-3-5-10;/h1-8,15H,14H2,(H,16,17);1H. The number of aromatic carboxylic acids is 1. The number of nitrogens with one attached hydrogen (secondary N) is 1. The molecule has 0 amide bonds. The lowest BCUT2D eigenvalue weighted by atomic mass is 10.1. The van der Waals surface area contributed by atoms with Crippen LogP contribution in [-0.2, 0) is 0 Å². The van der Waals surface area contributed by atoms with E-state index < -0.39 is 5.97 Å². The average molecular weight is 265 g/mol. The number of halogens is 1. The van der Waals surface area contributed by atoms with Crippen LogP contribution in [0.1, 0.15) is 10.4 Å². The second-order valence-corrected chi connectivity index (χ2v) is 3.60. The number of carboxylic acids is 1. The van der Waals surface area contributed by atoms with E-state index in [0.29, 0.717) is 11.4 Å². The second kappa shape index (κ2) is 5.93. The number of carbonyl (C=O) groups is 1. The van der Waals surface area contributed by atoms with E-state index in [1.165, 1.54) is 6.07 Å². The van der Waals surface area contributed by atoms with E-state index in [9.17, 15) is 4.79 Å². The Morgan fingerprint density at radius 2 is 1.78 bits per heavy atom. The van der Waals surface area contributed by atoms with E-state index in [2.05, 4.69) is 5.32 Å². The van der Waals surface area contributed by atoms with Gasteiger partial charge in [0.2, 0.25) is 0 Å². The van der Waals surface area contributed by atoms with Gasteiger partial charge in [-0.1, -0.05) is 18.2 Å². The van der Waals surface area contributed by atoms with Gasteiger partial charge in [0.05, 0.1) is 11.3 Å². The SMILES string of the molecule is Cl.Nc1ccc(Nc2ccccc2)c(C(=O)O)c1. The molecule has 0 fully saturated rings. The fourth-order valence-electron chi connectivity index (χ4n) is 1.52. The Morgan fingerprint density at radius 1 is 1.11 bits per heavy atom. The molecular formula is C13H13ClN2O2. The first kappa shape index (κ1) is 13.9. The minimum Gasteiger partial charge on any atom is -0.478 e. The molecule has 0 saturated heterocycles. The number of para-hydroxylation sites is 1. The van der Waals surface area contributed by atoms with Crippen molar-refractivity contribution in [1.82, 2.24) is 0 Å². The molecule has 0 unspecified atom stereocenters. The Hall–Kier alpha value is -2.20.